The molecule has 4 nitrogen and oxygen atoms in total. The van der Waals surface area contributed by atoms with Crippen LogP contribution < -0.4 is 5.32 Å². The van der Waals surface area contributed by atoms with E-state index >= 15 is 0 Å². The summed E-state index contributed by atoms with van der Waals surface area (Å²) in [5, 5.41) is 2.84. The van der Waals surface area contributed by atoms with E-state index < -0.39 is 0 Å². The standard InChI is InChI=1S/C6H11NO3/c1-2-10-6(8)5-3-9-4-7-5/h5,7H,2-4H2,1H3. The summed E-state index contributed by atoms with van der Waals surface area (Å²) >= 11 is 0. The third-order valence-electron chi connectivity index (χ3n) is 1.29. The van der Waals surface area contributed by atoms with Gasteiger partial charge >= 0.3 is 5.97 Å². The highest BCUT2D eigenvalue weighted by Crippen LogP contribution is 1.96. The van der Waals surface area contributed by atoms with Crippen molar-refractivity contribution in [1.82, 2.24) is 5.32 Å². The molecule has 0 aliphatic carbocycles. The van der Waals surface area contributed by atoms with E-state index in [0.717, 1.165) is 0 Å². The van der Waals surface area contributed by atoms with Gasteiger partial charge in [-0.05, 0) is 6.92 Å². The number of hydrogen-bond donors (Lipinski definition) is 1. The van der Waals surface area contributed by atoms with Gasteiger partial charge in [0.15, 0.2) is 0 Å². The zero-order chi connectivity index (χ0) is 7.40. The van der Waals surface area contributed by atoms with E-state index in [1.54, 1.807) is 6.92 Å². The summed E-state index contributed by atoms with van der Waals surface area (Å²) in [4.78, 5) is 10.9. The average molecular weight is 145 g/mol. The second-order valence-electron chi connectivity index (χ2n) is 2.02. The molecular formula is C6H11NO3. The first-order valence-corrected chi connectivity index (χ1v) is 3.32. The van der Waals surface area contributed by atoms with Gasteiger partial charge in [0.05, 0.1) is 19.9 Å². The maximum Gasteiger partial charge on any atom is 0.325 e. The summed E-state index contributed by atoms with van der Waals surface area (Å²) in [6, 6.07) is -0.250. The number of esters is 1. The van der Waals surface area contributed by atoms with Crippen molar-refractivity contribution in [2.45, 2.75) is 13.0 Å². The number of rotatable bonds is 2. The summed E-state index contributed by atoms with van der Waals surface area (Å²) in [6.07, 6.45) is 0. The van der Waals surface area contributed by atoms with Crippen molar-refractivity contribution in [3.63, 3.8) is 0 Å². The highest BCUT2D eigenvalue weighted by atomic mass is 16.5. The van der Waals surface area contributed by atoms with Gasteiger partial charge in [0.1, 0.15) is 6.04 Å². The molecule has 0 bridgehead atoms. The first kappa shape index (κ1) is 7.50. The Bertz CT molecular complexity index is 120. The van der Waals surface area contributed by atoms with E-state index in [1.807, 2.05) is 0 Å². The van der Waals surface area contributed by atoms with Crippen molar-refractivity contribution in [2.75, 3.05) is 19.9 Å². The number of hydrogen-bond acceptors (Lipinski definition) is 4. The van der Waals surface area contributed by atoms with Crippen LogP contribution in [0.15, 0.2) is 0 Å². The normalized spacial score (nSPS) is 24.7. The van der Waals surface area contributed by atoms with Gasteiger partial charge in [0, 0.05) is 0 Å². The van der Waals surface area contributed by atoms with Gasteiger partial charge in [0.2, 0.25) is 0 Å². The highest BCUT2D eigenvalue weighted by molar-refractivity contribution is 5.76. The fourth-order valence-corrected chi connectivity index (χ4v) is 0.789. The van der Waals surface area contributed by atoms with Gasteiger partial charge in [0.25, 0.3) is 0 Å². The predicted molar refractivity (Wildman–Crippen MR) is 34.4 cm³/mol. The first-order chi connectivity index (χ1) is 4.84. The topological polar surface area (TPSA) is 47.6 Å². The van der Waals surface area contributed by atoms with E-state index in [1.165, 1.54) is 0 Å². The van der Waals surface area contributed by atoms with Crippen LogP contribution in [0.1, 0.15) is 6.92 Å². The van der Waals surface area contributed by atoms with Gasteiger partial charge < -0.3 is 9.47 Å². The van der Waals surface area contributed by atoms with Crippen LogP contribution in [0.3, 0.4) is 0 Å². The van der Waals surface area contributed by atoms with Crippen molar-refractivity contribution in [3.8, 4) is 0 Å². The molecule has 1 atom stereocenters. The van der Waals surface area contributed by atoms with Crippen LogP contribution in [0.4, 0.5) is 0 Å². The molecule has 1 heterocycles. The molecule has 1 rings (SSSR count). The third-order valence-corrected chi connectivity index (χ3v) is 1.29. The van der Waals surface area contributed by atoms with Crippen molar-refractivity contribution < 1.29 is 14.3 Å². The second-order valence-corrected chi connectivity index (χ2v) is 2.02. The molecule has 0 aromatic heterocycles. The Morgan fingerprint density at radius 3 is 3.20 bits per heavy atom. The van der Waals surface area contributed by atoms with Crippen molar-refractivity contribution in [2.24, 2.45) is 0 Å². The molecule has 58 valence electrons. The van der Waals surface area contributed by atoms with Crippen molar-refractivity contribution in [1.29, 1.82) is 0 Å². The van der Waals surface area contributed by atoms with Crippen molar-refractivity contribution >= 4 is 5.97 Å². The van der Waals surface area contributed by atoms with Crippen LogP contribution in [-0.4, -0.2) is 32.0 Å². The Morgan fingerprint density at radius 1 is 1.90 bits per heavy atom. The molecule has 0 aromatic carbocycles. The molecule has 0 radical (unpaired) electrons. The van der Waals surface area contributed by atoms with Crippen LogP contribution in [0.2, 0.25) is 0 Å². The van der Waals surface area contributed by atoms with Crippen LogP contribution in [0.5, 0.6) is 0 Å². The van der Waals surface area contributed by atoms with E-state index in [4.69, 9.17) is 9.47 Å². The van der Waals surface area contributed by atoms with Gasteiger partial charge in [-0.1, -0.05) is 0 Å². The maximum atomic E-state index is 10.9. The summed E-state index contributed by atoms with van der Waals surface area (Å²) < 4.78 is 9.66. The lowest BCUT2D eigenvalue weighted by Crippen LogP contribution is -2.34. The summed E-state index contributed by atoms with van der Waals surface area (Å²) in [5.74, 6) is -0.222. The zero-order valence-electron chi connectivity index (χ0n) is 5.92. The monoisotopic (exact) mass is 145 g/mol. The van der Waals surface area contributed by atoms with Crippen LogP contribution in [0, 0.1) is 0 Å². The largest absolute Gasteiger partial charge is 0.465 e. The minimum absolute atomic E-state index is 0.222. The molecule has 0 saturated carbocycles. The molecule has 1 saturated heterocycles. The van der Waals surface area contributed by atoms with Gasteiger partial charge in [-0.25, -0.2) is 0 Å². The van der Waals surface area contributed by atoms with E-state index in [9.17, 15) is 4.79 Å². The van der Waals surface area contributed by atoms with Gasteiger partial charge in [-0.15, -0.1) is 0 Å². The lowest BCUT2D eigenvalue weighted by atomic mass is 10.3. The lowest BCUT2D eigenvalue weighted by Gasteiger charge is -2.05. The van der Waals surface area contributed by atoms with Crippen molar-refractivity contribution in [3.05, 3.63) is 0 Å². The molecule has 0 aromatic rings. The number of carbonyl (C=O) groups is 1. The molecule has 4 heteroatoms. The summed E-state index contributed by atoms with van der Waals surface area (Å²) in [5.41, 5.74) is 0. The summed E-state index contributed by atoms with van der Waals surface area (Å²) in [6.45, 7) is 3.09. The maximum absolute atomic E-state index is 10.9. The molecule has 1 aliphatic heterocycles. The molecule has 1 unspecified atom stereocenters. The van der Waals surface area contributed by atoms with Gasteiger partial charge in [-0.3, -0.25) is 10.1 Å². The number of ether oxygens (including phenoxy) is 2. The Kier molecular flexibility index (Phi) is 2.65. The molecular weight excluding hydrogens is 134 g/mol. The Morgan fingerprint density at radius 2 is 2.70 bits per heavy atom. The molecule has 1 fully saturated rings. The van der Waals surface area contributed by atoms with Gasteiger partial charge in [-0.2, -0.15) is 0 Å². The van der Waals surface area contributed by atoms with Crippen LogP contribution in [0.25, 0.3) is 0 Å². The lowest BCUT2D eigenvalue weighted by molar-refractivity contribution is -0.145. The second kappa shape index (κ2) is 3.53. The molecule has 1 aliphatic rings. The zero-order valence-corrected chi connectivity index (χ0v) is 5.92. The fraction of sp³-hybridized carbons (Fsp3) is 0.833. The fourth-order valence-electron chi connectivity index (χ4n) is 0.789. The van der Waals surface area contributed by atoms with Crippen LogP contribution >= 0.6 is 0 Å². The van der Waals surface area contributed by atoms with Crippen LogP contribution in [-0.2, 0) is 14.3 Å². The Balaban J connectivity index is 2.25. The molecule has 0 spiro atoms. The van der Waals surface area contributed by atoms with E-state index in [-0.39, 0.29) is 12.0 Å². The number of nitrogens with one attached hydrogen (secondary N) is 1. The average Bonchev–Trinajstić information content (AvgIpc) is 2.38. The van der Waals surface area contributed by atoms with E-state index in [2.05, 4.69) is 5.32 Å². The smallest absolute Gasteiger partial charge is 0.325 e. The summed E-state index contributed by atoms with van der Waals surface area (Å²) in [7, 11) is 0. The Labute approximate surface area is 59.5 Å². The first-order valence-electron chi connectivity index (χ1n) is 3.32. The predicted octanol–water partition coefficient (Wildman–Crippen LogP) is -0.505. The molecule has 0 amide bonds. The van der Waals surface area contributed by atoms with E-state index in [0.29, 0.717) is 19.9 Å². The third kappa shape index (κ3) is 1.68. The minimum atomic E-state index is -0.250. The highest BCUT2D eigenvalue weighted by Gasteiger charge is 2.23. The molecule has 10 heavy (non-hydrogen) atoms. The SMILES string of the molecule is CCOC(=O)C1COCN1. The number of carbonyl (C=O) groups excluding carboxylic acids is 1. The molecule has 1 N–H and O–H groups in total. The Hall–Kier alpha value is -0.610. The quantitative estimate of drug-likeness (QED) is 0.532. The minimum Gasteiger partial charge on any atom is -0.465 e.